The third-order valence-corrected chi connectivity index (χ3v) is 3.55. The summed E-state index contributed by atoms with van der Waals surface area (Å²) in [7, 11) is 0. The summed E-state index contributed by atoms with van der Waals surface area (Å²) in [4.78, 5) is 6.67. The molecule has 1 aliphatic rings. The van der Waals surface area contributed by atoms with Gasteiger partial charge < -0.3 is 10.5 Å². The quantitative estimate of drug-likeness (QED) is 0.880. The molecule has 1 aromatic rings. The van der Waals surface area contributed by atoms with Crippen molar-refractivity contribution < 1.29 is 4.74 Å². The van der Waals surface area contributed by atoms with Gasteiger partial charge in [0.1, 0.15) is 0 Å². The van der Waals surface area contributed by atoms with Gasteiger partial charge in [-0.2, -0.15) is 0 Å². The van der Waals surface area contributed by atoms with Crippen molar-refractivity contribution in [2.24, 2.45) is 5.73 Å². The monoisotopic (exact) mass is 249 g/mol. The van der Waals surface area contributed by atoms with Crippen LogP contribution in [0.1, 0.15) is 31.4 Å². The molecule has 0 radical (unpaired) electrons. The van der Waals surface area contributed by atoms with Crippen LogP contribution in [-0.2, 0) is 4.74 Å². The highest BCUT2D eigenvalue weighted by molar-refractivity contribution is 5.16. The first kappa shape index (κ1) is 13.5. The zero-order valence-corrected chi connectivity index (χ0v) is 11.1. The second-order valence-electron chi connectivity index (χ2n) is 4.81. The van der Waals surface area contributed by atoms with E-state index in [0.29, 0.717) is 0 Å². The molecule has 0 aliphatic carbocycles. The second-order valence-corrected chi connectivity index (χ2v) is 4.81. The first-order valence-corrected chi connectivity index (χ1v) is 6.80. The van der Waals surface area contributed by atoms with E-state index in [-0.39, 0.29) is 12.1 Å². The standard InChI is InChI=1S/C14H23N3O/c1-2-13(15)14(12-5-3-6-16-11-12)17-7-4-9-18-10-8-17/h3,5-6,11,13-14H,2,4,7-10,15H2,1H3. The van der Waals surface area contributed by atoms with Crippen LogP contribution in [-0.4, -0.2) is 42.2 Å². The second kappa shape index (κ2) is 6.83. The molecule has 2 atom stereocenters. The lowest BCUT2D eigenvalue weighted by molar-refractivity contribution is 0.125. The van der Waals surface area contributed by atoms with Crippen molar-refractivity contribution >= 4 is 0 Å². The van der Waals surface area contributed by atoms with Gasteiger partial charge in [-0.3, -0.25) is 9.88 Å². The maximum atomic E-state index is 6.32. The lowest BCUT2D eigenvalue weighted by Crippen LogP contribution is -2.42. The molecule has 18 heavy (non-hydrogen) atoms. The third kappa shape index (κ3) is 3.28. The lowest BCUT2D eigenvalue weighted by Gasteiger charge is -2.34. The van der Waals surface area contributed by atoms with Crippen LogP contribution in [0.5, 0.6) is 0 Å². The first-order valence-electron chi connectivity index (χ1n) is 6.80. The summed E-state index contributed by atoms with van der Waals surface area (Å²) in [6.07, 6.45) is 5.79. The molecule has 0 saturated carbocycles. The molecule has 4 nitrogen and oxygen atoms in total. The molecule has 0 aromatic carbocycles. The van der Waals surface area contributed by atoms with Crippen LogP contribution < -0.4 is 5.73 Å². The van der Waals surface area contributed by atoms with Crippen LogP contribution in [0.15, 0.2) is 24.5 Å². The van der Waals surface area contributed by atoms with Gasteiger partial charge in [-0.1, -0.05) is 13.0 Å². The van der Waals surface area contributed by atoms with Gasteiger partial charge >= 0.3 is 0 Å². The van der Waals surface area contributed by atoms with Crippen LogP contribution in [0.3, 0.4) is 0 Å². The molecule has 0 bridgehead atoms. The average Bonchev–Trinajstić information content (AvgIpc) is 2.69. The van der Waals surface area contributed by atoms with Gasteiger partial charge in [0, 0.05) is 38.1 Å². The van der Waals surface area contributed by atoms with E-state index in [4.69, 9.17) is 10.5 Å². The minimum Gasteiger partial charge on any atom is -0.380 e. The van der Waals surface area contributed by atoms with Crippen molar-refractivity contribution in [1.82, 2.24) is 9.88 Å². The Balaban J connectivity index is 2.18. The van der Waals surface area contributed by atoms with Crippen LogP contribution in [0, 0.1) is 0 Å². The van der Waals surface area contributed by atoms with Crippen molar-refractivity contribution in [3.63, 3.8) is 0 Å². The lowest BCUT2D eigenvalue weighted by atomic mass is 9.97. The molecule has 4 heteroatoms. The SMILES string of the molecule is CCC(N)C(c1cccnc1)N1CCCOCC1. The molecule has 1 aliphatic heterocycles. The Morgan fingerprint density at radius 2 is 2.33 bits per heavy atom. The smallest absolute Gasteiger partial charge is 0.0593 e. The topological polar surface area (TPSA) is 51.4 Å². The molecular weight excluding hydrogens is 226 g/mol. The zero-order valence-electron chi connectivity index (χ0n) is 11.1. The highest BCUT2D eigenvalue weighted by atomic mass is 16.5. The zero-order chi connectivity index (χ0) is 12.8. The molecule has 2 rings (SSSR count). The number of hydrogen-bond acceptors (Lipinski definition) is 4. The van der Waals surface area contributed by atoms with Gasteiger partial charge in [0.15, 0.2) is 0 Å². The molecule has 0 spiro atoms. The summed E-state index contributed by atoms with van der Waals surface area (Å²) >= 11 is 0. The van der Waals surface area contributed by atoms with E-state index >= 15 is 0 Å². The summed E-state index contributed by atoms with van der Waals surface area (Å²) in [5, 5.41) is 0. The number of aromatic nitrogens is 1. The van der Waals surface area contributed by atoms with E-state index in [1.807, 2.05) is 18.5 Å². The predicted octanol–water partition coefficient (Wildman–Crippen LogP) is 1.58. The average molecular weight is 249 g/mol. The Morgan fingerprint density at radius 1 is 1.44 bits per heavy atom. The number of ether oxygens (including phenoxy) is 1. The Hall–Kier alpha value is -0.970. The fourth-order valence-corrected chi connectivity index (χ4v) is 2.55. The van der Waals surface area contributed by atoms with Gasteiger partial charge in [-0.15, -0.1) is 0 Å². The van der Waals surface area contributed by atoms with Gasteiger partial charge in [0.25, 0.3) is 0 Å². The van der Waals surface area contributed by atoms with Crippen LogP contribution in [0.2, 0.25) is 0 Å². The summed E-state index contributed by atoms with van der Waals surface area (Å²) in [5.74, 6) is 0. The molecule has 2 unspecified atom stereocenters. The van der Waals surface area contributed by atoms with E-state index in [1.54, 1.807) is 0 Å². The van der Waals surface area contributed by atoms with Crippen molar-refractivity contribution in [3.8, 4) is 0 Å². The molecule has 2 N–H and O–H groups in total. The number of hydrogen-bond donors (Lipinski definition) is 1. The van der Waals surface area contributed by atoms with Crippen molar-refractivity contribution in [2.75, 3.05) is 26.3 Å². The van der Waals surface area contributed by atoms with E-state index in [9.17, 15) is 0 Å². The van der Waals surface area contributed by atoms with Crippen LogP contribution >= 0.6 is 0 Å². The molecular formula is C14H23N3O. The van der Waals surface area contributed by atoms with Crippen molar-refractivity contribution in [2.45, 2.75) is 31.8 Å². The number of nitrogens with two attached hydrogens (primary N) is 1. The minimum atomic E-state index is 0.146. The van der Waals surface area contributed by atoms with Gasteiger partial charge in [0.2, 0.25) is 0 Å². The van der Waals surface area contributed by atoms with Crippen LogP contribution in [0.4, 0.5) is 0 Å². The number of rotatable bonds is 4. The summed E-state index contributed by atoms with van der Waals surface area (Å²) < 4.78 is 5.53. The van der Waals surface area contributed by atoms with E-state index in [2.05, 4.69) is 22.9 Å². The minimum absolute atomic E-state index is 0.146. The summed E-state index contributed by atoms with van der Waals surface area (Å²) in [6, 6.07) is 4.51. The molecule has 1 fully saturated rings. The Kier molecular flexibility index (Phi) is 5.11. The van der Waals surface area contributed by atoms with E-state index in [1.165, 1.54) is 5.56 Å². The fraction of sp³-hybridized carbons (Fsp3) is 0.643. The van der Waals surface area contributed by atoms with Crippen molar-refractivity contribution in [1.29, 1.82) is 0 Å². The van der Waals surface area contributed by atoms with Gasteiger partial charge in [-0.05, 0) is 24.5 Å². The van der Waals surface area contributed by atoms with Crippen LogP contribution in [0.25, 0.3) is 0 Å². The normalized spacial score (nSPS) is 21.2. The molecule has 0 amide bonds. The maximum Gasteiger partial charge on any atom is 0.0593 e. The summed E-state index contributed by atoms with van der Waals surface area (Å²) in [5.41, 5.74) is 7.54. The predicted molar refractivity (Wildman–Crippen MR) is 72.3 cm³/mol. The van der Waals surface area contributed by atoms with Crippen molar-refractivity contribution in [3.05, 3.63) is 30.1 Å². The summed E-state index contributed by atoms with van der Waals surface area (Å²) in [6.45, 7) is 5.80. The molecule has 100 valence electrons. The van der Waals surface area contributed by atoms with E-state index < -0.39 is 0 Å². The fourth-order valence-electron chi connectivity index (χ4n) is 2.55. The Bertz CT molecular complexity index is 336. The highest BCUT2D eigenvalue weighted by Crippen LogP contribution is 2.25. The molecule has 1 saturated heterocycles. The largest absolute Gasteiger partial charge is 0.380 e. The van der Waals surface area contributed by atoms with Gasteiger partial charge in [-0.25, -0.2) is 0 Å². The Labute approximate surface area is 109 Å². The molecule has 1 aromatic heterocycles. The Morgan fingerprint density at radius 3 is 3.06 bits per heavy atom. The number of nitrogens with zero attached hydrogens (tertiary/aromatic N) is 2. The first-order chi connectivity index (χ1) is 8.83. The van der Waals surface area contributed by atoms with Gasteiger partial charge in [0.05, 0.1) is 12.6 Å². The maximum absolute atomic E-state index is 6.32. The van der Waals surface area contributed by atoms with E-state index in [0.717, 1.165) is 39.1 Å². The number of pyridine rings is 1. The highest BCUT2D eigenvalue weighted by Gasteiger charge is 2.26. The third-order valence-electron chi connectivity index (χ3n) is 3.55. The molecule has 2 heterocycles.